The molecule has 0 fully saturated rings. The van der Waals surface area contributed by atoms with Gasteiger partial charge in [0.05, 0.1) is 7.11 Å². The summed E-state index contributed by atoms with van der Waals surface area (Å²) in [7, 11) is 3.30. The Bertz CT molecular complexity index is 644. The lowest BCUT2D eigenvalue weighted by Gasteiger charge is -2.09. The molecule has 0 saturated carbocycles. The fraction of sp³-hybridized carbons (Fsp3) is 0.333. The van der Waals surface area contributed by atoms with Crippen molar-refractivity contribution in [1.29, 1.82) is 0 Å². The number of hydrogen-bond acceptors (Lipinski definition) is 5. The lowest BCUT2D eigenvalue weighted by molar-refractivity contribution is 0.0946. The molecule has 0 atom stereocenters. The van der Waals surface area contributed by atoms with E-state index in [9.17, 15) is 4.79 Å². The topological polar surface area (TPSA) is 72.5 Å². The van der Waals surface area contributed by atoms with Crippen LogP contribution in [0.2, 0.25) is 0 Å². The van der Waals surface area contributed by atoms with Crippen LogP contribution in [0, 0.1) is 0 Å². The Hall–Kier alpha value is -2.60. The van der Waals surface area contributed by atoms with Gasteiger partial charge in [-0.25, -0.2) is 0 Å². The second-order valence-corrected chi connectivity index (χ2v) is 5.23. The van der Waals surface area contributed by atoms with E-state index in [-0.39, 0.29) is 5.91 Å². The summed E-state index contributed by atoms with van der Waals surface area (Å²) in [5, 5.41) is 6.11. The summed E-state index contributed by atoms with van der Waals surface area (Å²) in [4.78, 5) is 16.4. The van der Waals surface area contributed by atoms with Crippen LogP contribution in [0.1, 0.15) is 22.5 Å². The number of hydrogen-bond donors (Lipinski definition) is 2. The van der Waals surface area contributed by atoms with Crippen molar-refractivity contribution in [3.05, 3.63) is 53.9 Å². The zero-order valence-electron chi connectivity index (χ0n) is 14.0. The summed E-state index contributed by atoms with van der Waals surface area (Å²) in [5.74, 6) is 0.588. The molecule has 2 rings (SSSR count). The molecule has 1 amide bonds. The van der Waals surface area contributed by atoms with E-state index in [4.69, 9.17) is 9.47 Å². The molecule has 0 saturated heterocycles. The van der Waals surface area contributed by atoms with Crippen molar-refractivity contribution < 1.29 is 14.3 Å². The first-order valence-electron chi connectivity index (χ1n) is 7.83. The number of rotatable bonds is 9. The number of carbonyl (C=O) groups excluding carboxylic acids is 1. The standard InChI is InChI=1S/C18H23N3O3/c1-23-11-3-9-19-15-8-10-20-17(12-15)18(22)21-13-14-4-6-16(24-2)7-5-14/h4-8,10,12H,3,9,11,13H2,1-2H3,(H,19,20)(H,21,22). The average Bonchev–Trinajstić information content (AvgIpc) is 2.64. The number of carbonyl (C=O) groups is 1. The van der Waals surface area contributed by atoms with Crippen molar-refractivity contribution in [2.75, 3.05) is 32.7 Å². The van der Waals surface area contributed by atoms with E-state index in [0.29, 0.717) is 18.8 Å². The Labute approximate surface area is 142 Å². The Morgan fingerprint density at radius 2 is 1.96 bits per heavy atom. The Morgan fingerprint density at radius 1 is 1.17 bits per heavy atom. The summed E-state index contributed by atoms with van der Waals surface area (Å²) >= 11 is 0. The fourth-order valence-electron chi connectivity index (χ4n) is 2.13. The van der Waals surface area contributed by atoms with E-state index in [1.54, 1.807) is 26.5 Å². The van der Waals surface area contributed by atoms with Crippen molar-refractivity contribution in [2.45, 2.75) is 13.0 Å². The van der Waals surface area contributed by atoms with Crippen LogP contribution in [-0.4, -0.2) is 38.3 Å². The molecule has 1 aromatic heterocycles. The molecule has 128 valence electrons. The quantitative estimate of drug-likeness (QED) is 0.692. The minimum Gasteiger partial charge on any atom is -0.497 e. The van der Waals surface area contributed by atoms with Crippen molar-refractivity contribution in [3.63, 3.8) is 0 Å². The van der Waals surface area contributed by atoms with Crippen molar-refractivity contribution in [1.82, 2.24) is 10.3 Å². The van der Waals surface area contributed by atoms with Gasteiger partial charge in [-0.15, -0.1) is 0 Å². The van der Waals surface area contributed by atoms with Gasteiger partial charge < -0.3 is 20.1 Å². The van der Waals surface area contributed by atoms with Gasteiger partial charge in [0.2, 0.25) is 0 Å². The first-order chi connectivity index (χ1) is 11.7. The highest BCUT2D eigenvalue weighted by Gasteiger charge is 2.07. The van der Waals surface area contributed by atoms with Crippen molar-refractivity contribution >= 4 is 11.6 Å². The summed E-state index contributed by atoms with van der Waals surface area (Å²) in [5.41, 5.74) is 2.26. The van der Waals surface area contributed by atoms with Crippen LogP contribution < -0.4 is 15.4 Å². The number of nitrogens with zero attached hydrogens (tertiary/aromatic N) is 1. The third kappa shape index (κ3) is 5.55. The molecule has 24 heavy (non-hydrogen) atoms. The van der Waals surface area contributed by atoms with Gasteiger partial charge >= 0.3 is 0 Å². The molecular weight excluding hydrogens is 306 g/mol. The second kappa shape index (κ2) is 9.52. The average molecular weight is 329 g/mol. The number of aromatic nitrogens is 1. The molecule has 0 aliphatic heterocycles. The molecule has 0 spiro atoms. The molecule has 0 aliphatic carbocycles. The summed E-state index contributed by atoms with van der Waals surface area (Å²) < 4.78 is 10.1. The number of methoxy groups -OCH3 is 2. The van der Waals surface area contributed by atoms with Gasteiger partial charge in [0.15, 0.2) is 0 Å². The smallest absolute Gasteiger partial charge is 0.270 e. The molecule has 6 nitrogen and oxygen atoms in total. The monoisotopic (exact) mass is 329 g/mol. The normalized spacial score (nSPS) is 10.2. The third-order valence-corrected chi connectivity index (χ3v) is 3.46. The van der Waals surface area contributed by atoms with Gasteiger partial charge in [-0.3, -0.25) is 9.78 Å². The highest BCUT2D eigenvalue weighted by atomic mass is 16.5. The first kappa shape index (κ1) is 17.7. The Balaban J connectivity index is 1.86. The molecule has 0 aliphatic rings. The highest BCUT2D eigenvalue weighted by Crippen LogP contribution is 2.12. The highest BCUT2D eigenvalue weighted by molar-refractivity contribution is 5.93. The van der Waals surface area contributed by atoms with Crippen LogP contribution in [0.15, 0.2) is 42.6 Å². The zero-order chi connectivity index (χ0) is 17.2. The van der Waals surface area contributed by atoms with Crippen molar-refractivity contribution in [2.24, 2.45) is 0 Å². The van der Waals surface area contributed by atoms with E-state index >= 15 is 0 Å². The number of amides is 1. The van der Waals surface area contributed by atoms with E-state index in [2.05, 4.69) is 15.6 Å². The van der Waals surface area contributed by atoms with Gasteiger partial charge in [0.25, 0.3) is 5.91 Å². The minimum atomic E-state index is -0.202. The van der Waals surface area contributed by atoms with Gasteiger partial charge in [-0.1, -0.05) is 12.1 Å². The summed E-state index contributed by atoms with van der Waals surface area (Å²) in [6.45, 7) is 1.92. The zero-order valence-corrected chi connectivity index (χ0v) is 14.0. The van der Waals surface area contributed by atoms with Gasteiger partial charge in [0.1, 0.15) is 11.4 Å². The number of nitrogens with one attached hydrogen (secondary N) is 2. The van der Waals surface area contributed by atoms with Crippen molar-refractivity contribution in [3.8, 4) is 5.75 Å². The molecule has 0 unspecified atom stereocenters. The van der Waals surface area contributed by atoms with E-state index < -0.39 is 0 Å². The fourth-order valence-corrected chi connectivity index (χ4v) is 2.13. The molecule has 2 aromatic rings. The largest absolute Gasteiger partial charge is 0.497 e. The van der Waals surface area contributed by atoms with E-state index in [1.165, 1.54) is 0 Å². The number of ether oxygens (including phenoxy) is 2. The maximum absolute atomic E-state index is 12.2. The SMILES string of the molecule is COCCCNc1ccnc(C(=O)NCc2ccc(OC)cc2)c1. The lowest BCUT2D eigenvalue weighted by atomic mass is 10.2. The Morgan fingerprint density at radius 3 is 2.67 bits per heavy atom. The predicted molar refractivity (Wildman–Crippen MR) is 93.4 cm³/mol. The maximum Gasteiger partial charge on any atom is 0.270 e. The molecular formula is C18H23N3O3. The molecule has 2 N–H and O–H groups in total. The summed E-state index contributed by atoms with van der Waals surface area (Å²) in [6.07, 6.45) is 2.53. The lowest BCUT2D eigenvalue weighted by Crippen LogP contribution is -2.23. The van der Waals surface area contributed by atoms with Crippen LogP contribution in [0.5, 0.6) is 5.75 Å². The predicted octanol–water partition coefficient (Wildman–Crippen LogP) is 2.47. The van der Waals surface area contributed by atoms with Gasteiger partial charge in [-0.2, -0.15) is 0 Å². The van der Waals surface area contributed by atoms with Gasteiger partial charge in [0, 0.05) is 38.7 Å². The van der Waals surface area contributed by atoms with Crippen LogP contribution in [0.25, 0.3) is 0 Å². The molecule has 1 heterocycles. The maximum atomic E-state index is 12.2. The number of pyridine rings is 1. The number of anilines is 1. The van der Waals surface area contributed by atoms with E-state index in [1.807, 2.05) is 30.3 Å². The third-order valence-electron chi connectivity index (χ3n) is 3.46. The molecule has 0 bridgehead atoms. The summed E-state index contributed by atoms with van der Waals surface area (Å²) in [6, 6.07) is 11.2. The van der Waals surface area contributed by atoms with Crippen LogP contribution >= 0.6 is 0 Å². The van der Waals surface area contributed by atoms with E-state index in [0.717, 1.165) is 30.0 Å². The molecule has 1 aromatic carbocycles. The van der Waals surface area contributed by atoms with Crippen LogP contribution in [0.3, 0.4) is 0 Å². The number of benzene rings is 1. The second-order valence-electron chi connectivity index (χ2n) is 5.23. The van der Waals surface area contributed by atoms with Crippen LogP contribution in [-0.2, 0) is 11.3 Å². The molecule has 6 heteroatoms. The van der Waals surface area contributed by atoms with Gasteiger partial charge in [-0.05, 0) is 36.2 Å². The Kier molecular flexibility index (Phi) is 7.04. The first-order valence-corrected chi connectivity index (χ1v) is 7.83. The van der Waals surface area contributed by atoms with Crippen LogP contribution in [0.4, 0.5) is 5.69 Å². The molecule has 0 radical (unpaired) electrons. The minimum absolute atomic E-state index is 0.202.